The van der Waals surface area contributed by atoms with E-state index in [-0.39, 0.29) is 17.0 Å². The Kier molecular flexibility index (Phi) is 8.19. The number of nitrogens with zero attached hydrogens (tertiary/aromatic N) is 2. The second-order valence-electron chi connectivity index (χ2n) is 8.73. The lowest BCUT2D eigenvalue weighted by Gasteiger charge is -2.18. The zero-order chi connectivity index (χ0) is 24.0. The molecular formula is C24H31N3O6. The Morgan fingerprint density at radius 1 is 1.15 bits per heavy atom. The summed E-state index contributed by atoms with van der Waals surface area (Å²) in [6.07, 6.45) is 5.25. The van der Waals surface area contributed by atoms with Gasteiger partial charge in [-0.3, -0.25) is 14.2 Å². The second-order valence-corrected chi connectivity index (χ2v) is 8.73. The molecule has 0 fully saturated rings. The van der Waals surface area contributed by atoms with Crippen molar-refractivity contribution in [2.45, 2.75) is 65.0 Å². The molecule has 1 aromatic carbocycles. The first kappa shape index (κ1) is 24.4. The van der Waals surface area contributed by atoms with Crippen LogP contribution in [0.25, 0.3) is 10.9 Å². The van der Waals surface area contributed by atoms with Crippen LogP contribution in [0, 0.1) is 5.92 Å². The minimum atomic E-state index is -0.807. The number of nitrogens with one attached hydrogen (secondary N) is 1. The van der Waals surface area contributed by atoms with Gasteiger partial charge in [0.25, 0.3) is 11.5 Å². The van der Waals surface area contributed by atoms with Crippen LogP contribution < -0.4 is 10.9 Å². The van der Waals surface area contributed by atoms with E-state index in [1.807, 2.05) is 13.8 Å². The fourth-order valence-electron chi connectivity index (χ4n) is 4.00. The van der Waals surface area contributed by atoms with Crippen LogP contribution in [0.4, 0.5) is 0 Å². The molecule has 3 rings (SSSR count). The Morgan fingerprint density at radius 3 is 2.64 bits per heavy atom. The van der Waals surface area contributed by atoms with Gasteiger partial charge in [0.1, 0.15) is 11.9 Å². The van der Waals surface area contributed by atoms with Crippen molar-refractivity contribution in [1.82, 2.24) is 14.9 Å². The van der Waals surface area contributed by atoms with Gasteiger partial charge in [-0.1, -0.05) is 26.7 Å². The topological polar surface area (TPSA) is 117 Å². The SMILES string of the molecule is COC(=O)C(CC(C)C)NC(=O)COC(=O)c1ccc2c(=O)n3c(nc2c1)CCCCCC3. The summed E-state index contributed by atoms with van der Waals surface area (Å²) in [4.78, 5) is 54.1. The zero-order valence-corrected chi connectivity index (χ0v) is 19.4. The van der Waals surface area contributed by atoms with E-state index in [1.165, 1.54) is 19.2 Å². The summed E-state index contributed by atoms with van der Waals surface area (Å²) >= 11 is 0. The Labute approximate surface area is 192 Å². The van der Waals surface area contributed by atoms with Crippen LogP contribution in [0.15, 0.2) is 23.0 Å². The molecule has 178 valence electrons. The van der Waals surface area contributed by atoms with E-state index in [0.29, 0.717) is 23.9 Å². The van der Waals surface area contributed by atoms with Crippen molar-refractivity contribution in [3.05, 3.63) is 39.9 Å². The predicted octanol–water partition coefficient (Wildman–Crippen LogP) is 2.37. The van der Waals surface area contributed by atoms with E-state index in [9.17, 15) is 19.2 Å². The normalized spacial score (nSPS) is 14.7. The smallest absolute Gasteiger partial charge is 0.338 e. The molecule has 0 bridgehead atoms. The first-order chi connectivity index (χ1) is 15.8. The van der Waals surface area contributed by atoms with Crippen molar-refractivity contribution < 1.29 is 23.9 Å². The molecule has 1 aromatic heterocycles. The van der Waals surface area contributed by atoms with E-state index in [2.05, 4.69) is 10.3 Å². The molecule has 1 amide bonds. The molecule has 33 heavy (non-hydrogen) atoms. The highest BCUT2D eigenvalue weighted by molar-refractivity contribution is 5.95. The van der Waals surface area contributed by atoms with E-state index in [0.717, 1.165) is 37.9 Å². The van der Waals surface area contributed by atoms with Gasteiger partial charge in [-0.25, -0.2) is 14.6 Å². The van der Waals surface area contributed by atoms with Crippen molar-refractivity contribution in [2.75, 3.05) is 13.7 Å². The Bertz CT molecular complexity index is 1090. The number of benzene rings is 1. The fraction of sp³-hybridized carbons (Fsp3) is 0.542. The zero-order valence-electron chi connectivity index (χ0n) is 19.4. The van der Waals surface area contributed by atoms with Crippen molar-refractivity contribution in [3.63, 3.8) is 0 Å². The standard InChI is InChI=1S/C24H31N3O6/c1-15(2)12-19(24(31)32-3)26-21(28)14-33-23(30)16-9-10-17-18(13-16)25-20-8-6-4-5-7-11-27(20)22(17)29/h9-10,13,15,19H,4-8,11-12,14H2,1-3H3,(H,26,28). The molecular weight excluding hydrogens is 426 g/mol. The third-order valence-electron chi connectivity index (χ3n) is 5.66. The average Bonchev–Trinajstić information content (AvgIpc) is 2.77. The number of amides is 1. The average molecular weight is 458 g/mol. The maximum absolute atomic E-state index is 12.9. The van der Waals surface area contributed by atoms with Gasteiger partial charge in [0.05, 0.1) is 23.6 Å². The minimum absolute atomic E-state index is 0.102. The third-order valence-corrected chi connectivity index (χ3v) is 5.66. The van der Waals surface area contributed by atoms with Gasteiger partial charge in [0, 0.05) is 13.0 Å². The largest absolute Gasteiger partial charge is 0.467 e. The Balaban J connectivity index is 1.70. The number of aromatic nitrogens is 2. The Morgan fingerprint density at radius 2 is 1.91 bits per heavy atom. The number of fused-ring (bicyclic) bond motifs is 2. The summed E-state index contributed by atoms with van der Waals surface area (Å²) in [6, 6.07) is 3.78. The first-order valence-electron chi connectivity index (χ1n) is 11.4. The fourth-order valence-corrected chi connectivity index (χ4v) is 4.00. The summed E-state index contributed by atoms with van der Waals surface area (Å²) in [5.41, 5.74) is 0.535. The van der Waals surface area contributed by atoms with Crippen LogP contribution in [0.2, 0.25) is 0 Å². The van der Waals surface area contributed by atoms with Gasteiger partial charge < -0.3 is 14.8 Å². The van der Waals surface area contributed by atoms with Crippen molar-refractivity contribution >= 4 is 28.7 Å². The highest BCUT2D eigenvalue weighted by Gasteiger charge is 2.23. The lowest BCUT2D eigenvalue weighted by atomic mass is 10.0. The van der Waals surface area contributed by atoms with Crippen molar-refractivity contribution in [3.8, 4) is 0 Å². The van der Waals surface area contributed by atoms with E-state index < -0.39 is 30.5 Å². The molecule has 0 radical (unpaired) electrons. The number of aryl methyl sites for hydroxylation is 1. The van der Waals surface area contributed by atoms with Crippen LogP contribution in [0.5, 0.6) is 0 Å². The molecule has 1 atom stereocenters. The van der Waals surface area contributed by atoms with Gasteiger partial charge in [0.15, 0.2) is 6.61 Å². The number of hydrogen-bond donors (Lipinski definition) is 1. The van der Waals surface area contributed by atoms with Gasteiger partial charge in [0.2, 0.25) is 0 Å². The lowest BCUT2D eigenvalue weighted by molar-refractivity contribution is -0.145. The number of esters is 2. The van der Waals surface area contributed by atoms with E-state index in [1.54, 1.807) is 10.6 Å². The number of ether oxygens (including phenoxy) is 2. The summed E-state index contributed by atoms with van der Waals surface area (Å²) in [7, 11) is 1.25. The van der Waals surface area contributed by atoms with Gasteiger partial charge in [-0.05, 0) is 43.4 Å². The third kappa shape index (κ3) is 6.18. The molecule has 0 aliphatic carbocycles. The molecule has 2 aromatic rings. The molecule has 1 N–H and O–H groups in total. The molecule has 9 heteroatoms. The summed E-state index contributed by atoms with van der Waals surface area (Å²) in [5, 5.41) is 2.99. The Hall–Kier alpha value is -3.23. The first-order valence-corrected chi connectivity index (χ1v) is 11.4. The minimum Gasteiger partial charge on any atom is -0.467 e. The van der Waals surface area contributed by atoms with Crippen LogP contribution in [-0.4, -0.2) is 47.2 Å². The summed E-state index contributed by atoms with van der Waals surface area (Å²) < 4.78 is 11.6. The van der Waals surface area contributed by atoms with Gasteiger partial charge in [-0.2, -0.15) is 0 Å². The summed E-state index contributed by atoms with van der Waals surface area (Å²) in [5.74, 6) is -0.969. The number of carbonyl (C=O) groups excluding carboxylic acids is 3. The number of hydrogen-bond acceptors (Lipinski definition) is 7. The van der Waals surface area contributed by atoms with Gasteiger partial charge >= 0.3 is 11.9 Å². The second kappa shape index (κ2) is 11.1. The summed E-state index contributed by atoms with van der Waals surface area (Å²) in [6.45, 7) is 3.95. The molecule has 1 aliphatic heterocycles. The molecule has 0 saturated heterocycles. The number of carbonyl (C=O) groups is 3. The van der Waals surface area contributed by atoms with Crippen LogP contribution in [0.1, 0.15) is 62.1 Å². The molecule has 1 unspecified atom stereocenters. The molecule has 1 aliphatic rings. The van der Waals surface area contributed by atoms with Crippen LogP contribution >= 0.6 is 0 Å². The predicted molar refractivity (Wildman–Crippen MR) is 122 cm³/mol. The maximum atomic E-state index is 12.9. The number of methoxy groups -OCH3 is 1. The van der Waals surface area contributed by atoms with E-state index in [4.69, 9.17) is 9.47 Å². The molecule has 0 spiro atoms. The maximum Gasteiger partial charge on any atom is 0.338 e. The quantitative estimate of drug-likeness (QED) is 0.635. The van der Waals surface area contributed by atoms with Gasteiger partial charge in [-0.15, -0.1) is 0 Å². The van der Waals surface area contributed by atoms with Crippen LogP contribution in [0.3, 0.4) is 0 Å². The highest BCUT2D eigenvalue weighted by atomic mass is 16.5. The van der Waals surface area contributed by atoms with E-state index >= 15 is 0 Å². The lowest BCUT2D eigenvalue weighted by Crippen LogP contribution is -2.44. The molecule has 2 heterocycles. The number of rotatable bonds is 7. The highest BCUT2D eigenvalue weighted by Crippen LogP contribution is 2.17. The van der Waals surface area contributed by atoms with Crippen molar-refractivity contribution in [2.24, 2.45) is 5.92 Å². The van der Waals surface area contributed by atoms with Crippen LogP contribution in [-0.2, 0) is 32.0 Å². The monoisotopic (exact) mass is 457 g/mol. The molecule has 9 nitrogen and oxygen atoms in total. The van der Waals surface area contributed by atoms with Crippen molar-refractivity contribution in [1.29, 1.82) is 0 Å². The molecule has 0 saturated carbocycles.